The third kappa shape index (κ3) is 2.68. The largest absolute Gasteiger partial charge is 0.456 e. The molecule has 0 spiro atoms. The summed E-state index contributed by atoms with van der Waals surface area (Å²) in [4.78, 5) is 23.1. The van der Waals surface area contributed by atoms with Gasteiger partial charge in [-0.1, -0.05) is 19.3 Å². The number of carbonyl (C=O) groups excluding carboxylic acids is 2. The third-order valence-corrected chi connectivity index (χ3v) is 4.70. The summed E-state index contributed by atoms with van der Waals surface area (Å²) in [5.74, 6) is 6.27. The van der Waals surface area contributed by atoms with Crippen molar-refractivity contribution in [3.05, 3.63) is 0 Å². The Kier molecular flexibility index (Phi) is 4.29. The Morgan fingerprint density at radius 1 is 1.47 bits per heavy atom. The van der Waals surface area contributed by atoms with Crippen molar-refractivity contribution < 1.29 is 14.3 Å². The average Bonchev–Trinajstić information content (AvgIpc) is 2.84. The molecule has 0 amide bonds. The Labute approximate surface area is 115 Å². The number of esters is 1. The van der Waals surface area contributed by atoms with Gasteiger partial charge in [0.15, 0.2) is 0 Å². The second kappa shape index (κ2) is 5.77. The van der Waals surface area contributed by atoms with Gasteiger partial charge in [-0.15, -0.1) is 0 Å². The Morgan fingerprint density at radius 2 is 2.26 bits per heavy atom. The van der Waals surface area contributed by atoms with Crippen molar-refractivity contribution in [3.63, 3.8) is 0 Å². The first kappa shape index (κ1) is 14.1. The quantitative estimate of drug-likeness (QED) is 0.338. The van der Waals surface area contributed by atoms with Crippen LogP contribution in [0.3, 0.4) is 0 Å². The van der Waals surface area contributed by atoms with Crippen molar-refractivity contribution in [1.29, 1.82) is 0 Å². The minimum absolute atomic E-state index is 0.104. The van der Waals surface area contributed by atoms with Crippen LogP contribution in [-0.2, 0) is 14.3 Å². The molecule has 0 aromatic carbocycles. The van der Waals surface area contributed by atoms with Crippen molar-refractivity contribution in [1.82, 2.24) is 0 Å². The van der Waals surface area contributed by atoms with Crippen LogP contribution in [0.4, 0.5) is 0 Å². The lowest BCUT2D eigenvalue weighted by molar-refractivity contribution is -0.153. The van der Waals surface area contributed by atoms with Gasteiger partial charge in [0.05, 0.1) is 6.61 Å². The van der Waals surface area contributed by atoms with Crippen molar-refractivity contribution in [2.24, 2.45) is 17.3 Å². The van der Waals surface area contributed by atoms with Crippen LogP contribution in [-0.4, -0.2) is 18.4 Å². The maximum Gasteiger partial charge on any atom is 0.384 e. The van der Waals surface area contributed by atoms with Gasteiger partial charge in [-0.2, -0.15) is 0 Å². The van der Waals surface area contributed by atoms with E-state index in [9.17, 15) is 9.59 Å². The topological polar surface area (TPSA) is 43.4 Å². The number of rotatable bonds is 4. The van der Waals surface area contributed by atoms with Gasteiger partial charge in [0, 0.05) is 23.7 Å². The molecule has 0 aromatic rings. The first-order chi connectivity index (χ1) is 9.09. The van der Waals surface area contributed by atoms with E-state index in [0.29, 0.717) is 30.6 Å². The van der Waals surface area contributed by atoms with E-state index in [1.54, 1.807) is 6.92 Å². The summed E-state index contributed by atoms with van der Waals surface area (Å²) in [5, 5.41) is 0. The van der Waals surface area contributed by atoms with E-state index >= 15 is 0 Å². The summed E-state index contributed by atoms with van der Waals surface area (Å²) < 4.78 is 4.73. The molecule has 104 valence electrons. The van der Waals surface area contributed by atoms with Gasteiger partial charge in [-0.3, -0.25) is 4.79 Å². The van der Waals surface area contributed by atoms with Crippen LogP contribution in [0.15, 0.2) is 0 Å². The Morgan fingerprint density at radius 3 is 3.00 bits per heavy atom. The second-order valence-corrected chi connectivity index (χ2v) is 5.80. The molecule has 0 radical (unpaired) electrons. The highest BCUT2D eigenvalue weighted by Crippen LogP contribution is 2.58. The Balaban J connectivity index is 1.74. The van der Waals surface area contributed by atoms with E-state index in [0.717, 1.165) is 19.3 Å². The van der Waals surface area contributed by atoms with Crippen molar-refractivity contribution >= 4 is 11.8 Å². The Bertz CT molecular complexity index is 429. The van der Waals surface area contributed by atoms with E-state index in [1.165, 1.54) is 12.8 Å². The Hall–Kier alpha value is -1.30. The van der Waals surface area contributed by atoms with Crippen LogP contribution in [0.1, 0.15) is 52.4 Å². The van der Waals surface area contributed by atoms with Crippen molar-refractivity contribution in [2.75, 3.05) is 6.61 Å². The molecule has 2 saturated carbocycles. The minimum Gasteiger partial charge on any atom is -0.456 e. The fraction of sp³-hybridized carbons (Fsp3) is 0.750. The van der Waals surface area contributed by atoms with Gasteiger partial charge in [-0.25, -0.2) is 4.79 Å². The number of hydrogen-bond donors (Lipinski definition) is 0. The molecular formula is C16H22O3. The zero-order valence-electron chi connectivity index (χ0n) is 11.8. The zero-order chi connectivity index (χ0) is 13.9. The molecule has 0 saturated heterocycles. The van der Waals surface area contributed by atoms with Crippen LogP contribution in [0.2, 0.25) is 0 Å². The molecule has 0 unspecified atom stereocenters. The number of ether oxygens (including phenoxy) is 1. The molecule has 2 fully saturated rings. The van der Waals surface area contributed by atoms with Gasteiger partial charge in [0.25, 0.3) is 0 Å². The summed E-state index contributed by atoms with van der Waals surface area (Å²) in [7, 11) is 0. The molecule has 3 heteroatoms. The number of hydrogen-bond acceptors (Lipinski definition) is 3. The standard InChI is InChI=1S/C16H22O3/c1-3-19-14(17)10-5-4-6-11-16(2)13-9-7-8-12(13)15(16)18/h12-13H,3-4,6-9,11H2,1-2H3/t12-,13+,16-/m0/s1. The molecule has 0 aliphatic heterocycles. The highest BCUT2D eigenvalue weighted by molar-refractivity contribution is 5.94. The number of fused-ring (bicyclic) bond motifs is 1. The molecule has 2 aliphatic rings. The molecule has 0 heterocycles. The van der Waals surface area contributed by atoms with E-state index in [2.05, 4.69) is 18.8 Å². The monoisotopic (exact) mass is 262 g/mol. The maximum atomic E-state index is 12.1. The van der Waals surface area contributed by atoms with Crippen LogP contribution >= 0.6 is 0 Å². The highest BCUT2D eigenvalue weighted by atomic mass is 16.5. The number of ketones is 1. The number of unbranched alkanes of at least 4 members (excludes halogenated alkanes) is 1. The predicted molar refractivity (Wildman–Crippen MR) is 72.2 cm³/mol. The van der Waals surface area contributed by atoms with Gasteiger partial charge in [0.1, 0.15) is 5.78 Å². The fourth-order valence-corrected chi connectivity index (χ4v) is 3.70. The molecule has 0 bridgehead atoms. The summed E-state index contributed by atoms with van der Waals surface area (Å²) >= 11 is 0. The first-order valence-electron chi connectivity index (χ1n) is 7.29. The molecule has 0 aromatic heterocycles. The normalized spacial score (nSPS) is 32.0. The van der Waals surface area contributed by atoms with Crippen LogP contribution in [0, 0.1) is 29.1 Å². The summed E-state index contributed by atoms with van der Waals surface area (Å²) in [5.41, 5.74) is -0.104. The maximum absolute atomic E-state index is 12.1. The second-order valence-electron chi connectivity index (χ2n) is 5.80. The van der Waals surface area contributed by atoms with E-state index < -0.39 is 5.97 Å². The lowest BCUT2D eigenvalue weighted by Crippen LogP contribution is -2.53. The first-order valence-corrected chi connectivity index (χ1v) is 7.29. The van der Waals surface area contributed by atoms with E-state index in [-0.39, 0.29) is 5.41 Å². The third-order valence-electron chi connectivity index (χ3n) is 4.70. The lowest BCUT2D eigenvalue weighted by Gasteiger charge is -2.48. The van der Waals surface area contributed by atoms with E-state index in [1.807, 2.05) is 0 Å². The lowest BCUT2D eigenvalue weighted by atomic mass is 9.53. The summed E-state index contributed by atoms with van der Waals surface area (Å²) in [6, 6.07) is 0. The van der Waals surface area contributed by atoms with Gasteiger partial charge < -0.3 is 4.74 Å². The van der Waals surface area contributed by atoms with Crippen molar-refractivity contribution in [3.8, 4) is 11.8 Å². The minimum atomic E-state index is -0.454. The molecule has 3 atom stereocenters. The van der Waals surface area contributed by atoms with Crippen LogP contribution in [0.5, 0.6) is 0 Å². The SMILES string of the molecule is CCOC(=O)C#CCCC[C@]1(C)C(=O)[C@H]2CCC[C@H]21. The molecule has 3 nitrogen and oxygen atoms in total. The van der Waals surface area contributed by atoms with E-state index in [4.69, 9.17) is 4.74 Å². The summed E-state index contributed by atoms with van der Waals surface area (Å²) in [6.07, 6.45) is 5.98. The molecular weight excluding hydrogens is 240 g/mol. The number of Topliss-reactive ketones (excluding diaryl/α,β-unsaturated/α-hetero) is 1. The molecule has 19 heavy (non-hydrogen) atoms. The molecule has 0 N–H and O–H groups in total. The fourth-order valence-electron chi connectivity index (χ4n) is 3.70. The van der Waals surface area contributed by atoms with Gasteiger partial charge in [0.2, 0.25) is 0 Å². The zero-order valence-corrected chi connectivity index (χ0v) is 11.8. The average molecular weight is 262 g/mol. The molecule has 2 rings (SSSR count). The highest BCUT2D eigenvalue weighted by Gasteiger charge is 2.59. The van der Waals surface area contributed by atoms with Gasteiger partial charge >= 0.3 is 5.97 Å². The summed E-state index contributed by atoms with van der Waals surface area (Å²) in [6.45, 7) is 4.24. The molecule has 2 aliphatic carbocycles. The van der Waals surface area contributed by atoms with Crippen LogP contribution < -0.4 is 0 Å². The predicted octanol–water partition coefficient (Wildman–Crippen LogP) is 2.73. The number of carbonyl (C=O) groups is 2. The smallest absolute Gasteiger partial charge is 0.384 e. The van der Waals surface area contributed by atoms with Crippen molar-refractivity contribution in [2.45, 2.75) is 52.4 Å². The van der Waals surface area contributed by atoms with Crippen LogP contribution in [0.25, 0.3) is 0 Å². The van der Waals surface area contributed by atoms with Gasteiger partial charge in [-0.05, 0) is 38.5 Å².